The summed E-state index contributed by atoms with van der Waals surface area (Å²) in [6.07, 6.45) is 4.67. The van der Waals surface area contributed by atoms with Gasteiger partial charge in [-0.3, -0.25) is 30.6 Å². The van der Waals surface area contributed by atoms with Crippen LogP contribution < -0.4 is 26.2 Å². The number of carbonyl (C=O) groups is 3. The van der Waals surface area contributed by atoms with Gasteiger partial charge in [-0.2, -0.15) is 0 Å². The van der Waals surface area contributed by atoms with Gasteiger partial charge in [0.25, 0.3) is 11.8 Å². The lowest BCUT2D eigenvalue weighted by Crippen LogP contribution is -2.48. The number of rotatable bonds is 11. The van der Waals surface area contributed by atoms with Crippen LogP contribution in [0.1, 0.15) is 73.6 Å². The fourth-order valence-corrected chi connectivity index (χ4v) is 3.70. The van der Waals surface area contributed by atoms with Crippen LogP contribution in [0.5, 0.6) is 5.75 Å². The molecular formula is C26H33BrN4O4S. The van der Waals surface area contributed by atoms with E-state index in [2.05, 4.69) is 44.3 Å². The Hall–Kier alpha value is -2.98. The minimum absolute atomic E-state index is 0.0696. The summed E-state index contributed by atoms with van der Waals surface area (Å²) in [6, 6.07) is 11.6. The molecule has 0 aromatic heterocycles. The maximum Gasteiger partial charge on any atom is 0.269 e. The normalized spacial score (nSPS) is 10.5. The third-order valence-corrected chi connectivity index (χ3v) is 5.68. The zero-order chi connectivity index (χ0) is 26.5. The Morgan fingerprint density at radius 1 is 0.972 bits per heavy atom. The Kier molecular flexibility index (Phi) is 12.4. The number of hydrogen-bond acceptors (Lipinski definition) is 5. The van der Waals surface area contributed by atoms with Crippen LogP contribution in [0.2, 0.25) is 0 Å². The molecule has 194 valence electrons. The van der Waals surface area contributed by atoms with Crippen LogP contribution in [0.15, 0.2) is 46.9 Å². The van der Waals surface area contributed by atoms with Crippen LogP contribution in [0.25, 0.3) is 0 Å². The molecule has 0 aliphatic heterocycles. The van der Waals surface area contributed by atoms with E-state index in [1.807, 2.05) is 13.8 Å². The highest BCUT2D eigenvalue weighted by Gasteiger charge is 2.16. The summed E-state index contributed by atoms with van der Waals surface area (Å²) in [7, 11) is 0. The number of carbonyl (C=O) groups excluding carboxylic acids is 3. The number of benzene rings is 2. The molecule has 0 bridgehead atoms. The second kappa shape index (κ2) is 15.2. The molecule has 10 heteroatoms. The van der Waals surface area contributed by atoms with E-state index in [0.29, 0.717) is 35.6 Å². The molecular weight excluding hydrogens is 544 g/mol. The molecule has 36 heavy (non-hydrogen) atoms. The first-order chi connectivity index (χ1) is 17.2. The Morgan fingerprint density at radius 2 is 1.69 bits per heavy atom. The van der Waals surface area contributed by atoms with Crippen molar-refractivity contribution in [3.8, 4) is 5.75 Å². The van der Waals surface area contributed by atoms with Gasteiger partial charge in [0.2, 0.25) is 5.91 Å². The smallest absolute Gasteiger partial charge is 0.269 e. The summed E-state index contributed by atoms with van der Waals surface area (Å²) in [5, 5.41) is 5.26. The van der Waals surface area contributed by atoms with E-state index < -0.39 is 11.8 Å². The van der Waals surface area contributed by atoms with Gasteiger partial charge in [-0.15, -0.1) is 0 Å². The predicted molar refractivity (Wildman–Crippen MR) is 149 cm³/mol. The molecule has 4 N–H and O–H groups in total. The first-order valence-electron chi connectivity index (χ1n) is 11.9. The van der Waals surface area contributed by atoms with E-state index in [1.165, 1.54) is 0 Å². The van der Waals surface area contributed by atoms with Crippen LogP contribution >= 0.6 is 28.1 Å². The molecule has 0 heterocycles. The highest BCUT2D eigenvalue weighted by Crippen LogP contribution is 2.23. The molecule has 3 amide bonds. The van der Waals surface area contributed by atoms with Crippen LogP contribution in [0, 0.1) is 5.92 Å². The molecule has 0 atom stereocenters. The van der Waals surface area contributed by atoms with Gasteiger partial charge >= 0.3 is 0 Å². The predicted octanol–water partition coefficient (Wildman–Crippen LogP) is 5.34. The minimum atomic E-state index is -0.465. The molecule has 2 aromatic rings. The molecule has 0 unspecified atom stereocenters. The summed E-state index contributed by atoms with van der Waals surface area (Å²) >= 11 is 8.53. The second-order valence-corrected chi connectivity index (χ2v) is 9.96. The lowest BCUT2D eigenvalue weighted by molar-refractivity contribution is -0.116. The number of anilines is 1. The zero-order valence-electron chi connectivity index (χ0n) is 20.8. The highest BCUT2D eigenvalue weighted by atomic mass is 79.9. The molecule has 2 rings (SSSR count). The number of hydrazine groups is 1. The van der Waals surface area contributed by atoms with Gasteiger partial charge in [-0.05, 0) is 67.0 Å². The Morgan fingerprint density at radius 3 is 2.36 bits per heavy atom. The summed E-state index contributed by atoms with van der Waals surface area (Å²) < 4.78 is 6.53. The fraction of sp³-hybridized carbons (Fsp3) is 0.385. The number of hydrogen-bond donors (Lipinski definition) is 4. The van der Waals surface area contributed by atoms with E-state index in [9.17, 15) is 14.4 Å². The van der Waals surface area contributed by atoms with Crippen LogP contribution in [0.3, 0.4) is 0 Å². The second-order valence-electron chi connectivity index (χ2n) is 8.64. The third-order valence-electron chi connectivity index (χ3n) is 4.98. The van der Waals surface area contributed by atoms with Crippen molar-refractivity contribution in [1.82, 2.24) is 16.2 Å². The number of halogens is 1. The standard InChI is InChI=1S/C26H33BrN4O4S/c1-4-5-6-7-14-35-22-13-10-19(27)16-21(22)25(34)29-26(36)31-30-24(33)18-8-11-20(12-9-18)28-23(32)15-17(2)3/h8-13,16-17H,4-7,14-15H2,1-3H3,(H,28,32)(H,30,33)(H2,29,31,34,36). The van der Waals surface area contributed by atoms with Gasteiger partial charge < -0.3 is 10.1 Å². The van der Waals surface area contributed by atoms with E-state index in [-0.39, 0.29) is 16.9 Å². The molecule has 0 saturated heterocycles. The van der Waals surface area contributed by atoms with Crippen molar-refractivity contribution in [2.75, 3.05) is 11.9 Å². The number of amides is 3. The maximum atomic E-state index is 12.8. The molecule has 0 saturated carbocycles. The van der Waals surface area contributed by atoms with Crippen molar-refractivity contribution in [3.63, 3.8) is 0 Å². The highest BCUT2D eigenvalue weighted by molar-refractivity contribution is 9.10. The van der Waals surface area contributed by atoms with Gasteiger partial charge in [0.05, 0.1) is 12.2 Å². The summed E-state index contributed by atoms with van der Waals surface area (Å²) in [5.41, 5.74) is 6.25. The van der Waals surface area contributed by atoms with Crippen LogP contribution in [-0.4, -0.2) is 29.4 Å². The van der Waals surface area contributed by atoms with Crippen molar-refractivity contribution in [2.45, 2.75) is 52.9 Å². The van der Waals surface area contributed by atoms with Crippen molar-refractivity contribution in [3.05, 3.63) is 58.1 Å². The van der Waals surface area contributed by atoms with Gasteiger partial charge in [-0.1, -0.05) is 56.0 Å². The Bertz CT molecular complexity index is 1060. The van der Waals surface area contributed by atoms with Crippen LogP contribution in [0.4, 0.5) is 5.69 Å². The summed E-state index contributed by atoms with van der Waals surface area (Å²) in [5.74, 6) is -0.290. The average molecular weight is 578 g/mol. The minimum Gasteiger partial charge on any atom is -0.493 e. The Balaban J connectivity index is 1.87. The molecule has 2 aromatic carbocycles. The summed E-state index contributed by atoms with van der Waals surface area (Å²) in [4.78, 5) is 37.1. The van der Waals surface area contributed by atoms with Crippen molar-refractivity contribution in [2.24, 2.45) is 5.92 Å². The third kappa shape index (κ3) is 10.3. The monoisotopic (exact) mass is 576 g/mol. The van der Waals surface area contributed by atoms with E-state index >= 15 is 0 Å². The molecule has 0 spiro atoms. The maximum absolute atomic E-state index is 12.8. The van der Waals surface area contributed by atoms with Gasteiger partial charge in [0.15, 0.2) is 5.11 Å². The van der Waals surface area contributed by atoms with Crippen molar-refractivity contribution >= 4 is 56.7 Å². The lowest BCUT2D eigenvalue weighted by atomic mass is 10.1. The fourth-order valence-electron chi connectivity index (χ4n) is 3.19. The molecule has 0 aliphatic carbocycles. The van der Waals surface area contributed by atoms with Gasteiger partial charge in [0.1, 0.15) is 5.75 Å². The topological polar surface area (TPSA) is 109 Å². The van der Waals surface area contributed by atoms with E-state index in [4.69, 9.17) is 17.0 Å². The first-order valence-corrected chi connectivity index (χ1v) is 13.1. The molecule has 8 nitrogen and oxygen atoms in total. The quantitative estimate of drug-likeness (QED) is 0.163. The molecule has 0 aliphatic rings. The van der Waals surface area contributed by atoms with Crippen LogP contribution in [-0.2, 0) is 4.79 Å². The number of ether oxygens (including phenoxy) is 1. The molecule has 0 fully saturated rings. The lowest BCUT2D eigenvalue weighted by Gasteiger charge is -2.14. The first kappa shape index (κ1) is 29.3. The number of unbranched alkanes of at least 4 members (excludes halogenated alkanes) is 3. The largest absolute Gasteiger partial charge is 0.493 e. The summed E-state index contributed by atoms with van der Waals surface area (Å²) in [6.45, 7) is 6.59. The molecule has 0 radical (unpaired) electrons. The van der Waals surface area contributed by atoms with Gasteiger partial charge in [0, 0.05) is 22.1 Å². The Labute approximate surface area is 226 Å². The zero-order valence-corrected chi connectivity index (χ0v) is 23.2. The number of nitrogens with one attached hydrogen (secondary N) is 4. The van der Waals surface area contributed by atoms with Gasteiger partial charge in [-0.25, -0.2) is 0 Å². The average Bonchev–Trinajstić information content (AvgIpc) is 2.83. The SMILES string of the molecule is CCCCCCOc1ccc(Br)cc1C(=O)NC(=S)NNC(=O)c1ccc(NC(=O)CC(C)C)cc1. The van der Waals surface area contributed by atoms with E-state index in [1.54, 1.807) is 42.5 Å². The van der Waals surface area contributed by atoms with E-state index in [0.717, 1.165) is 30.2 Å². The van der Waals surface area contributed by atoms with Crippen molar-refractivity contribution in [1.29, 1.82) is 0 Å². The number of thiocarbonyl (C=S) groups is 1. The van der Waals surface area contributed by atoms with Crippen molar-refractivity contribution < 1.29 is 19.1 Å².